The average molecular weight is 283 g/mol. The molecular weight excluding hydrogens is 260 g/mol. The van der Waals surface area contributed by atoms with Crippen molar-refractivity contribution in [2.24, 2.45) is 11.1 Å². The quantitative estimate of drug-likeness (QED) is 0.788. The Hall–Kier alpha value is -0.800. The van der Waals surface area contributed by atoms with Crippen LogP contribution in [0.5, 0.6) is 0 Å². The van der Waals surface area contributed by atoms with Crippen LogP contribution in [0, 0.1) is 5.41 Å². The monoisotopic (exact) mass is 282 g/mol. The molecule has 1 aliphatic carbocycles. The van der Waals surface area contributed by atoms with Gasteiger partial charge in [-0.15, -0.1) is 11.6 Å². The predicted molar refractivity (Wildman–Crippen MR) is 79.1 cm³/mol. The normalized spacial score (nSPS) is 28.7. The van der Waals surface area contributed by atoms with Crippen molar-refractivity contribution < 1.29 is 4.79 Å². The van der Waals surface area contributed by atoms with Crippen molar-refractivity contribution in [2.45, 2.75) is 37.5 Å². The summed E-state index contributed by atoms with van der Waals surface area (Å²) < 4.78 is 0. The van der Waals surface area contributed by atoms with E-state index in [0.717, 1.165) is 51.7 Å². The fourth-order valence-corrected chi connectivity index (χ4v) is 3.09. The highest BCUT2D eigenvalue weighted by molar-refractivity contribution is 6.20. The molecule has 0 radical (unpaired) electrons. The third kappa shape index (κ3) is 3.83. The molecule has 1 unspecified atom stereocenters. The topological polar surface area (TPSA) is 46.3 Å². The van der Waals surface area contributed by atoms with Crippen molar-refractivity contribution in [3.8, 4) is 0 Å². The van der Waals surface area contributed by atoms with E-state index >= 15 is 0 Å². The van der Waals surface area contributed by atoms with Crippen molar-refractivity contribution in [3.63, 3.8) is 0 Å². The average Bonchev–Trinajstić information content (AvgIpc) is 2.42. The lowest BCUT2D eigenvalue weighted by atomic mass is 9.77. The standard InChI is InChI=1S/C15H23ClN2O/c16-13-5-11-18(12-6-13)10-4-9-15(14(17)19)7-2-1-3-8-15/h1-3,7,13H,4-6,8-12H2,(H2,17,19). The number of hydrogen-bond acceptors (Lipinski definition) is 2. The summed E-state index contributed by atoms with van der Waals surface area (Å²) >= 11 is 6.10. The number of allylic oxidation sites excluding steroid dienone is 3. The lowest BCUT2D eigenvalue weighted by Gasteiger charge is -2.32. The second kappa shape index (κ2) is 6.58. The number of hydrogen-bond donors (Lipinski definition) is 1. The minimum absolute atomic E-state index is 0.201. The minimum Gasteiger partial charge on any atom is -0.369 e. The first-order chi connectivity index (χ1) is 9.12. The van der Waals surface area contributed by atoms with Crippen LogP contribution in [0.25, 0.3) is 0 Å². The molecule has 1 aliphatic heterocycles. The number of piperidine rings is 1. The number of amides is 1. The summed E-state index contributed by atoms with van der Waals surface area (Å²) in [5.41, 5.74) is 5.13. The van der Waals surface area contributed by atoms with Gasteiger partial charge in [0.2, 0.25) is 5.91 Å². The largest absolute Gasteiger partial charge is 0.369 e. The third-order valence-corrected chi connectivity index (χ3v) is 4.69. The summed E-state index contributed by atoms with van der Waals surface area (Å²) in [6, 6.07) is 0. The predicted octanol–water partition coefficient (Wildman–Crippen LogP) is 2.46. The first-order valence-electron chi connectivity index (χ1n) is 7.13. The molecule has 1 heterocycles. The Morgan fingerprint density at radius 3 is 2.68 bits per heavy atom. The molecule has 1 atom stereocenters. The van der Waals surface area contributed by atoms with Crippen LogP contribution in [0.1, 0.15) is 32.1 Å². The van der Waals surface area contributed by atoms with Crippen molar-refractivity contribution in [1.82, 2.24) is 4.90 Å². The van der Waals surface area contributed by atoms with Crippen LogP contribution in [0.3, 0.4) is 0 Å². The molecule has 1 amide bonds. The molecule has 4 heteroatoms. The fraction of sp³-hybridized carbons (Fsp3) is 0.667. The van der Waals surface area contributed by atoms with Crippen LogP contribution in [-0.2, 0) is 4.79 Å². The Morgan fingerprint density at radius 1 is 1.37 bits per heavy atom. The van der Waals surface area contributed by atoms with Gasteiger partial charge in [0, 0.05) is 5.38 Å². The van der Waals surface area contributed by atoms with E-state index in [1.165, 1.54) is 0 Å². The summed E-state index contributed by atoms with van der Waals surface area (Å²) in [5.74, 6) is -0.201. The molecule has 0 bridgehead atoms. The number of carbonyl (C=O) groups excluding carboxylic acids is 1. The SMILES string of the molecule is NC(=O)C1(CCCN2CCC(Cl)CC2)C=CC=CC1. The van der Waals surface area contributed by atoms with Crippen molar-refractivity contribution >= 4 is 17.5 Å². The summed E-state index contributed by atoms with van der Waals surface area (Å²) in [6.45, 7) is 3.19. The van der Waals surface area contributed by atoms with E-state index in [4.69, 9.17) is 17.3 Å². The molecule has 1 saturated heterocycles. The molecule has 2 rings (SSSR count). The molecule has 0 spiro atoms. The van der Waals surface area contributed by atoms with Crippen molar-refractivity contribution in [2.75, 3.05) is 19.6 Å². The van der Waals surface area contributed by atoms with Crippen molar-refractivity contribution in [3.05, 3.63) is 24.3 Å². The van der Waals surface area contributed by atoms with Gasteiger partial charge in [0.05, 0.1) is 5.41 Å². The number of nitrogens with zero attached hydrogens (tertiary/aromatic N) is 1. The van der Waals surface area contributed by atoms with Crippen LogP contribution in [0.15, 0.2) is 24.3 Å². The van der Waals surface area contributed by atoms with Gasteiger partial charge in [-0.05, 0) is 51.7 Å². The fourth-order valence-electron chi connectivity index (χ4n) is 2.90. The van der Waals surface area contributed by atoms with Gasteiger partial charge in [-0.3, -0.25) is 4.79 Å². The highest BCUT2D eigenvalue weighted by Crippen LogP contribution is 2.33. The zero-order chi connectivity index (χ0) is 13.7. The van der Waals surface area contributed by atoms with Gasteiger partial charge < -0.3 is 10.6 Å². The second-order valence-corrected chi connectivity index (χ2v) is 6.25. The Kier molecular flexibility index (Phi) is 5.06. The van der Waals surface area contributed by atoms with Gasteiger partial charge >= 0.3 is 0 Å². The maximum atomic E-state index is 11.7. The number of halogens is 1. The number of nitrogens with two attached hydrogens (primary N) is 1. The van der Waals surface area contributed by atoms with Gasteiger partial charge in [-0.2, -0.15) is 0 Å². The van der Waals surface area contributed by atoms with Crippen LogP contribution in [0.4, 0.5) is 0 Å². The Bertz CT molecular complexity index is 372. The summed E-state index contributed by atoms with van der Waals surface area (Å²) in [7, 11) is 0. The number of likely N-dealkylation sites (tertiary alicyclic amines) is 1. The van der Waals surface area contributed by atoms with Crippen LogP contribution in [0.2, 0.25) is 0 Å². The van der Waals surface area contributed by atoms with E-state index < -0.39 is 5.41 Å². The maximum absolute atomic E-state index is 11.7. The third-order valence-electron chi connectivity index (χ3n) is 4.25. The molecule has 0 aromatic carbocycles. The van der Waals surface area contributed by atoms with Crippen LogP contribution in [-0.4, -0.2) is 35.8 Å². The minimum atomic E-state index is -0.459. The first kappa shape index (κ1) is 14.6. The maximum Gasteiger partial charge on any atom is 0.227 e. The lowest BCUT2D eigenvalue weighted by molar-refractivity contribution is -0.125. The molecule has 1 fully saturated rings. The molecule has 0 saturated carbocycles. The Morgan fingerprint density at radius 2 is 2.11 bits per heavy atom. The summed E-state index contributed by atoms with van der Waals surface area (Å²) in [4.78, 5) is 14.1. The Labute approximate surface area is 120 Å². The van der Waals surface area contributed by atoms with E-state index in [0.29, 0.717) is 5.38 Å². The second-order valence-electron chi connectivity index (χ2n) is 5.63. The number of carbonyl (C=O) groups is 1. The highest BCUT2D eigenvalue weighted by Gasteiger charge is 2.33. The molecule has 0 aromatic rings. The van der Waals surface area contributed by atoms with Gasteiger partial charge in [0.1, 0.15) is 0 Å². The number of primary amides is 1. The molecule has 2 N–H and O–H groups in total. The number of rotatable bonds is 5. The zero-order valence-electron chi connectivity index (χ0n) is 11.4. The number of alkyl halides is 1. The lowest BCUT2D eigenvalue weighted by Crippen LogP contribution is -2.38. The van der Waals surface area contributed by atoms with Gasteiger partial charge in [-0.1, -0.05) is 24.3 Å². The highest BCUT2D eigenvalue weighted by atomic mass is 35.5. The van der Waals surface area contributed by atoms with Gasteiger partial charge in [0.25, 0.3) is 0 Å². The molecule has 106 valence electrons. The molecule has 19 heavy (non-hydrogen) atoms. The zero-order valence-corrected chi connectivity index (χ0v) is 12.1. The van der Waals surface area contributed by atoms with Crippen LogP contribution < -0.4 is 5.73 Å². The van der Waals surface area contributed by atoms with E-state index in [1.807, 2.05) is 24.3 Å². The molecule has 2 aliphatic rings. The van der Waals surface area contributed by atoms with Gasteiger partial charge in [0.15, 0.2) is 0 Å². The van der Waals surface area contributed by atoms with E-state index in [1.54, 1.807) is 0 Å². The van der Waals surface area contributed by atoms with Crippen molar-refractivity contribution in [1.29, 1.82) is 0 Å². The van der Waals surface area contributed by atoms with Gasteiger partial charge in [-0.25, -0.2) is 0 Å². The van der Waals surface area contributed by atoms with Crippen LogP contribution >= 0.6 is 11.6 Å². The molecular formula is C15H23ClN2O. The first-order valence-corrected chi connectivity index (χ1v) is 7.57. The molecule has 3 nitrogen and oxygen atoms in total. The van der Waals surface area contributed by atoms with E-state index in [9.17, 15) is 4.79 Å². The van der Waals surface area contributed by atoms with E-state index in [2.05, 4.69) is 4.90 Å². The molecule has 0 aromatic heterocycles. The Balaban J connectivity index is 1.79. The summed E-state index contributed by atoms with van der Waals surface area (Å²) in [6.07, 6.45) is 12.7. The summed E-state index contributed by atoms with van der Waals surface area (Å²) in [5, 5.41) is 0.347. The smallest absolute Gasteiger partial charge is 0.227 e. The van der Waals surface area contributed by atoms with E-state index in [-0.39, 0.29) is 5.91 Å².